The third-order valence-electron chi connectivity index (χ3n) is 1.27. The topological polar surface area (TPSA) is 81.2 Å². The highest BCUT2D eigenvalue weighted by atomic mass is 35.5. The van der Waals surface area contributed by atoms with Crippen LogP contribution in [0.3, 0.4) is 0 Å². The highest BCUT2D eigenvalue weighted by Crippen LogP contribution is 2.06. The predicted octanol–water partition coefficient (Wildman–Crippen LogP) is 0.692. The summed E-state index contributed by atoms with van der Waals surface area (Å²) >= 11 is 0. The molecule has 0 fully saturated rings. The molecule has 1 aromatic rings. The number of aryl methyl sites for hydroxylation is 1. The van der Waals surface area contributed by atoms with Gasteiger partial charge in [0.2, 0.25) is 5.91 Å². The second-order valence-corrected chi connectivity index (χ2v) is 2.41. The molecular weight excluding hydrogens is 194 g/mol. The molecule has 0 saturated carbocycles. The fourth-order valence-corrected chi connectivity index (χ4v) is 0.762. The molecule has 0 radical (unpaired) electrons. The zero-order valence-corrected chi connectivity index (χ0v) is 8.06. The summed E-state index contributed by atoms with van der Waals surface area (Å²) in [4.78, 5) is 10.9. The Hall–Kier alpha value is -1.07. The van der Waals surface area contributed by atoms with Crippen LogP contribution in [-0.4, -0.2) is 17.6 Å². The maximum absolute atomic E-state index is 10.9. The molecule has 0 aliphatic carbocycles. The molecule has 1 aromatic heterocycles. The minimum absolute atomic E-state index is 0. The first-order valence-corrected chi connectivity index (χ1v) is 3.65. The normalized spacial score (nSPS) is 9.08. The van der Waals surface area contributed by atoms with Crippen molar-refractivity contribution in [2.45, 2.75) is 13.3 Å². The van der Waals surface area contributed by atoms with Gasteiger partial charge in [0.05, 0.1) is 0 Å². The largest absolute Gasteiger partial charge is 0.360 e. The number of halogens is 1. The van der Waals surface area contributed by atoms with E-state index in [0.29, 0.717) is 24.5 Å². The monoisotopic (exact) mass is 205 g/mol. The van der Waals surface area contributed by atoms with Crippen LogP contribution in [0.5, 0.6) is 0 Å². The number of nitrogens with two attached hydrogens (primary N) is 1. The molecule has 74 valence electrons. The molecule has 0 atom stereocenters. The van der Waals surface area contributed by atoms with Crippen molar-refractivity contribution in [1.29, 1.82) is 0 Å². The van der Waals surface area contributed by atoms with Gasteiger partial charge in [-0.1, -0.05) is 5.16 Å². The quantitative estimate of drug-likeness (QED) is 0.761. The lowest BCUT2D eigenvalue weighted by atomic mass is 10.4. The zero-order chi connectivity index (χ0) is 8.97. The van der Waals surface area contributed by atoms with E-state index in [2.05, 4.69) is 10.5 Å². The van der Waals surface area contributed by atoms with Crippen molar-refractivity contribution >= 4 is 24.1 Å². The maximum atomic E-state index is 10.9. The Morgan fingerprint density at radius 2 is 2.46 bits per heavy atom. The number of hydrogen-bond donors (Lipinski definition) is 2. The number of nitrogens with one attached hydrogen (secondary N) is 1. The predicted molar refractivity (Wildman–Crippen MR) is 50.8 cm³/mol. The fourth-order valence-electron chi connectivity index (χ4n) is 0.762. The summed E-state index contributed by atoms with van der Waals surface area (Å²) in [7, 11) is 0. The minimum atomic E-state index is -0.147. The molecule has 6 heteroatoms. The zero-order valence-electron chi connectivity index (χ0n) is 7.24. The summed E-state index contributed by atoms with van der Waals surface area (Å²) in [5.74, 6) is 0.954. The van der Waals surface area contributed by atoms with Gasteiger partial charge in [0.1, 0.15) is 5.76 Å². The summed E-state index contributed by atoms with van der Waals surface area (Å²) in [5.41, 5.74) is 5.18. The lowest BCUT2D eigenvalue weighted by molar-refractivity contribution is -0.116. The first-order valence-electron chi connectivity index (χ1n) is 3.65. The van der Waals surface area contributed by atoms with Gasteiger partial charge in [-0.15, -0.1) is 12.4 Å². The van der Waals surface area contributed by atoms with Gasteiger partial charge in [0, 0.05) is 19.0 Å². The number of nitrogens with zero attached hydrogens (tertiary/aromatic N) is 1. The molecule has 5 nitrogen and oxygen atoms in total. The minimum Gasteiger partial charge on any atom is -0.360 e. The molecule has 0 bridgehead atoms. The molecule has 0 unspecified atom stereocenters. The van der Waals surface area contributed by atoms with Gasteiger partial charge in [0.15, 0.2) is 5.82 Å². The molecule has 1 heterocycles. The number of carbonyl (C=O) groups is 1. The SMILES string of the molecule is Cc1cc(NC(=O)CCN)no1.Cl. The van der Waals surface area contributed by atoms with Gasteiger partial charge in [0.25, 0.3) is 0 Å². The van der Waals surface area contributed by atoms with Gasteiger partial charge in [-0.25, -0.2) is 0 Å². The highest BCUT2D eigenvalue weighted by molar-refractivity contribution is 5.89. The second-order valence-electron chi connectivity index (χ2n) is 2.41. The smallest absolute Gasteiger partial charge is 0.226 e. The van der Waals surface area contributed by atoms with E-state index < -0.39 is 0 Å². The second kappa shape index (κ2) is 5.55. The van der Waals surface area contributed by atoms with Crippen LogP contribution >= 0.6 is 12.4 Å². The molecule has 1 amide bonds. The number of anilines is 1. The van der Waals surface area contributed by atoms with Crippen LogP contribution in [0, 0.1) is 6.92 Å². The molecule has 0 aliphatic heterocycles. The van der Waals surface area contributed by atoms with E-state index in [1.165, 1.54) is 0 Å². The lowest BCUT2D eigenvalue weighted by Gasteiger charge is -1.96. The summed E-state index contributed by atoms with van der Waals surface area (Å²) in [6.45, 7) is 2.09. The third kappa shape index (κ3) is 3.91. The van der Waals surface area contributed by atoms with Gasteiger partial charge >= 0.3 is 0 Å². The first kappa shape index (κ1) is 11.9. The summed E-state index contributed by atoms with van der Waals surface area (Å²) in [5, 5.41) is 6.13. The van der Waals surface area contributed by atoms with Crippen molar-refractivity contribution in [1.82, 2.24) is 5.16 Å². The highest BCUT2D eigenvalue weighted by Gasteiger charge is 2.03. The van der Waals surface area contributed by atoms with Crippen LogP contribution in [0.15, 0.2) is 10.6 Å². The van der Waals surface area contributed by atoms with Crippen molar-refractivity contribution in [2.24, 2.45) is 5.73 Å². The Labute approximate surface area is 82.1 Å². The Morgan fingerprint density at radius 3 is 2.92 bits per heavy atom. The van der Waals surface area contributed by atoms with E-state index in [1.54, 1.807) is 13.0 Å². The van der Waals surface area contributed by atoms with E-state index in [9.17, 15) is 4.79 Å². The van der Waals surface area contributed by atoms with Crippen LogP contribution in [0.2, 0.25) is 0 Å². The molecule has 0 aliphatic rings. The molecule has 13 heavy (non-hydrogen) atoms. The molecule has 1 rings (SSSR count). The number of amides is 1. The van der Waals surface area contributed by atoms with Gasteiger partial charge < -0.3 is 15.6 Å². The van der Waals surface area contributed by atoms with E-state index in [0.717, 1.165) is 0 Å². The van der Waals surface area contributed by atoms with Gasteiger partial charge in [-0.2, -0.15) is 0 Å². The Morgan fingerprint density at radius 1 is 1.77 bits per heavy atom. The Kier molecular flexibility index (Phi) is 5.10. The third-order valence-corrected chi connectivity index (χ3v) is 1.27. The van der Waals surface area contributed by atoms with Gasteiger partial charge in [-0.3, -0.25) is 4.79 Å². The van der Waals surface area contributed by atoms with Crippen LogP contribution in [0.25, 0.3) is 0 Å². The van der Waals surface area contributed by atoms with Crippen LogP contribution in [0.4, 0.5) is 5.82 Å². The average Bonchev–Trinajstić information content (AvgIpc) is 2.36. The Bertz CT molecular complexity index is 274. The van der Waals surface area contributed by atoms with E-state index in [-0.39, 0.29) is 18.3 Å². The van der Waals surface area contributed by atoms with E-state index >= 15 is 0 Å². The number of carbonyl (C=O) groups excluding carboxylic acids is 1. The molecular formula is C7H12ClN3O2. The Balaban J connectivity index is 0.00000144. The standard InChI is InChI=1S/C7H11N3O2.ClH/c1-5-4-6(10-12-5)9-7(11)2-3-8;/h4H,2-3,8H2,1H3,(H,9,10,11);1H. The average molecular weight is 206 g/mol. The molecule has 0 saturated heterocycles. The fraction of sp³-hybridized carbons (Fsp3) is 0.429. The molecule has 0 aromatic carbocycles. The summed E-state index contributed by atoms with van der Waals surface area (Å²) < 4.78 is 4.75. The number of hydrogen-bond acceptors (Lipinski definition) is 4. The summed E-state index contributed by atoms with van der Waals surface area (Å²) in [6.07, 6.45) is 0.298. The van der Waals surface area contributed by atoms with Crippen LogP contribution in [-0.2, 0) is 4.79 Å². The van der Waals surface area contributed by atoms with Crippen molar-refractivity contribution in [3.8, 4) is 0 Å². The van der Waals surface area contributed by atoms with Crippen LogP contribution < -0.4 is 11.1 Å². The molecule has 0 spiro atoms. The van der Waals surface area contributed by atoms with E-state index in [4.69, 9.17) is 10.3 Å². The maximum Gasteiger partial charge on any atom is 0.226 e. The lowest BCUT2D eigenvalue weighted by Crippen LogP contribution is -2.16. The molecule has 3 N–H and O–H groups in total. The van der Waals surface area contributed by atoms with Crippen molar-refractivity contribution in [2.75, 3.05) is 11.9 Å². The van der Waals surface area contributed by atoms with Gasteiger partial charge in [-0.05, 0) is 6.92 Å². The van der Waals surface area contributed by atoms with Crippen molar-refractivity contribution in [3.63, 3.8) is 0 Å². The van der Waals surface area contributed by atoms with Crippen LogP contribution in [0.1, 0.15) is 12.2 Å². The number of rotatable bonds is 3. The number of aromatic nitrogens is 1. The van der Waals surface area contributed by atoms with Crippen molar-refractivity contribution in [3.05, 3.63) is 11.8 Å². The first-order chi connectivity index (χ1) is 5.72. The summed E-state index contributed by atoms with van der Waals surface area (Å²) in [6, 6.07) is 1.65. The van der Waals surface area contributed by atoms with E-state index in [1.807, 2.05) is 0 Å². The van der Waals surface area contributed by atoms with Crippen molar-refractivity contribution < 1.29 is 9.32 Å².